The average Bonchev–Trinajstić information content (AvgIpc) is 2.44. The highest BCUT2D eigenvalue weighted by Crippen LogP contribution is 2.26. The fraction of sp³-hybridized carbons (Fsp3) is 0. The third-order valence-corrected chi connectivity index (χ3v) is 2.20. The fourth-order valence-electron chi connectivity index (χ4n) is 1.25. The van der Waals surface area contributed by atoms with Crippen LogP contribution in [0, 0.1) is 0 Å². The maximum atomic E-state index is 11.2. The summed E-state index contributed by atoms with van der Waals surface area (Å²) in [6.45, 7) is 0. The number of hydrogen-bond donors (Lipinski definition) is 1. The van der Waals surface area contributed by atoms with Crippen LogP contribution in [0.5, 0.6) is 0 Å². The number of aliphatic hydroxyl groups excluding tert-OH is 1. The van der Waals surface area contributed by atoms with Gasteiger partial charge in [0.25, 0.3) is 0 Å². The van der Waals surface area contributed by atoms with Crippen molar-refractivity contribution in [3.63, 3.8) is 0 Å². The second-order valence-electron chi connectivity index (χ2n) is 2.91. The number of rotatable bonds is 1. The summed E-state index contributed by atoms with van der Waals surface area (Å²) < 4.78 is 4.24. The van der Waals surface area contributed by atoms with Gasteiger partial charge in [0.15, 0.2) is 0 Å². The molecular formula is C10H5ClO4. The number of esters is 2. The number of aliphatic hydroxyl groups is 1. The van der Waals surface area contributed by atoms with Gasteiger partial charge in [0.05, 0.1) is 0 Å². The van der Waals surface area contributed by atoms with E-state index in [-0.39, 0.29) is 5.57 Å². The minimum atomic E-state index is -1.02. The van der Waals surface area contributed by atoms with Gasteiger partial charge in [-0.1, -0.05) is 23.7 Å². The number of cyclic esters (lactones) is 2. The maximum absolute atomic E-state index is 11.2. The van der Waals surface area contributed by atoms with Gasteiger partial charge in [-0.25, -0.2) is 9.59 Å². The Morgan fingerprint density at radius 3 is 2.13 bits per heavy atom. The molecular weight excluding hydrogens is 220 g/mol. The lowest BCUT2D eigenvalue weighted by Crippen LogP contribution is -2.01. The third kappa shape index (κ3) is 1.59. The predicted octanol–water partition coefficient (Wildman–Crippen LogP) is 1.69. The van der Waals surface area contributed by atoms with Crippen molar-refractivity contribution in [2.24, 2.45) is 0 Å². The Bertz CT molecular complexity index is 473. The molecule has 0 fully saturated rings. The van der Waals surface area contributed by atoms with Gasteiger partial charge in [0.1, 0.15) is 5.57 Å². The number of benzene rings is 1. The summed E-state index contributed by atoms with van der Waals surface area (Å²) in [4.78, 5) is 22.0. The summed E-state index contributed by atoms with van der Waals surface area (Å²) in [7, 11) is 0. The lowest BCUT2D eigenvalue weighted by molar-refractivity contribution is -0.151. The van der Waals surface area contributed by atoms with E-state index in [9.17, 15) is 14.7 Å². The highest BCUT2D eigenvalue weighted by atomic mass is 35.5. The van der Waals surface area contributed by atoms with E-state index in [1.807, 2.05) is 0 Å². The Morgan fingerprint density at radius 1 is 1.07 bits per heavy atom. The Morgan fingerprint density at radius 2 is 1.67 bits per heavy atom. The zero-order valence-electron chi connectivity index (χ0n) is 7.36. The first-order valence-corrected chi connectivity index (χ1v) is 4.43. The molecule has 1 aliphatic heterocycles. The van der Waals surface area contributed by atoms with Gasteiger partial charge in [0, 0.05) is 5.02 Å². The van der Waals surface area contributed by atoms with Crippen LogP contribution in [-0.4, -0.2) is 17.0 Å². The number of halogens is 1. The Balaban J connectivity index is 2.51. The van der Waals surface area contributed by atoms with E-state index in [4.69, 9.17) is 11.6 Å². The largest absolute Gasteiger partial charge is 0.501 e. The van der Waals surface area contributed by atoms with Crippen molar-refractivity contribution in [2.45, 2.75) is 0 Å². The topological polar surface area (TPSA) is 63.6 Å². The summed E-state index contributed by atoms with van der Waals surface area (Å²) >= 11 is 5.66. The summed E-state index contributed by atoms with van der Waals surface area (Å²) in [6, 6.07) is 6.14. The third-order valence-electron chi connectivity index (χ3n) is 1.95. The minimum Gasteiger partial charge on any atom is -0.501 e. The van der Waals surface area contributed by atoms with E-state index >= 15 is 0 Å². The standard InChI is InChI=1S/C10H5ClO4/c11-6-3-1-5(2-4-6)7-8(12)10(14)15-9(7)13/h1-4,12H. The van der Waals surface area contributed by atoms with Gasteiger partial charge in [-0.05, 0) is 17.7 Å². The van der Waals surface area contributed by atoms with E-state index in [1.54, 1.807) is 12.1 Å². The summed E-state index contributed by atoms with van der Waals surface area (Å²) in [5.74, 6) is -2.54. The van der Waals surface area contributed by atoms with Gasteiger partial charge in [-0.2, -0.15) is 0 Å². The molecule has 1 aliphatic rings. The molecule has 0 unspecified atom stereocenters. The van der Waals surface area contributed by atoms with Crippen molar-refractivity contribution in [1.29, 1.82) is 0 Å². The fourth-order valence-corrected chi connectivity index (χ4v) is 1.38. The molecule has 1 aromatic carbocycles. The average molecular weight is 225 g/mol. The Kier molecular flexibility index (Phi) is 2.21. The summed E-state index contributed by atoms with van der Waals surface area (Å²) in [5, 5.41) is 9.80. The van der Waals surface area contributed by atoms with Crippen LogP contribution < -0.4 is 0 Å². The van der Waals surface area contributed by atoms with Crippen LogP contribution in [-0.2, 0) is 14.3 Å². The number of hydrogen-bond acceptors (Lipinski definition) is 4. The van der Waals surface area contributed by atoms with Crippen LogP contribution in [0.25, 0.3) is 5.57 Å². The molecule has 0 atom stereocenters. The lowest BCUT2D eigenvalue weighted by atomic mass is 10.1. The molecule has 2 rings (SSSR count). The highest BCUT2D eigenvalue weighted by molar-refractivity contribution is 6.31. The first-order valence-electron chi connectivity index (χ1n) is 4.05. The zero-order valence-corrected chi connectivity index (χ0v) is 8.12. The minimum absolute atomic E-state index is 0.128. The predicted molar refractivity (Wildman–Crippen MR) is 52.1 cm³/mol. The van der Waals surface area contributed by atoms with Gasteiger partial charge in [-0.15, -0.1) is 0 Å². The molecule has 0 aromatic heterocycles. The smallest absolute Gasteiger partial charge is 0.382 e. The molecule has 0 spiro atoms. The van der Waals surface area contributed by atoms with Crippen molar-refractivity contribution in [1.82, 2.24) is 0 Å². The first-order chi connectivity index (χ1) is 7.09. The molecule has 0 amide bonds. The number of ether oxygens (including phenoxy) is 1. The lowest BCUT2D eigenvalue weighted by Gasteiger charge is -1.98. The molecule has 5 heteroatoms. The molecule has 1 aromatic rings. The van der Waals surface area contributed by atoms with Crippen LogP contribution in [0.3, 0.4) is 0 Å². The molecule has 0 radical (unpaired) electrons. The Labute approximate surface area is 89.7 Å². The van der Waals surface area contributed by atoms with Crippen LogP contribution in [0.15, 0.2) is 30.0 Å². The monoisotopic (exact) mass is 224 g/mol. The normalized spacial score (nSPS) is 15.8. The molecule has 76 valence electrons. The number of carbonyl (C=O) groups is 2. The van der Waals surface area contributed by atoms with Crippen molar-refractivity contribution >= 4 is 29.1 Å². The van der Waals surface area contributed by atoms with Crippen LogP contribution >= 0.6 is 11.6 Å². The van der Waals surface area contributed by atoms with Gasteiger partial charge >= 0.3 is 11.9 Å². The van der Waals surface area contributed by atoms with Crippen molar-refractivity contribution < 1.29 is 19.4 Å². The quantitative estimate of drug-likeness (QED) is 0.582. The maximum Gasteiger partial charge on any atom is 0.382 e. The summed E-state index contributed by atoms with van der Waals surface area (Å²) in [6.07, 6.45) is 0. The van der Waals surface area contributed by atoms with Crippen molar-refractivity contribution in [3.8, 4) is 0 Å². The second kappa shape index (κ2) is 3.40. The van der Waals surface area contributed by atoms with E-state index in [0.717, 1.165) is 0 Å². The molecule has 0 saturated carbocycles. The van der Waals surface area contributed by atoms with Crippen LogP contribution in [0.2, 0.25) is 5.02 Å². The molecule has 0 saturated heterocycles. The van der Waals surface area contributed by atoms with E-state index in [1.165, 1.54) is 12.1 Å². The molecule has 0 bridgehead atoms. The second-order valence-corrected chi connectivity index (χ2v) is 3.34. The van der Waals surface area contributed by atoms with Crippen LogP contribution in [0.4, 0.5) is 0 Å². The zero-order chi connectivity index (χ0) is 11.0. The summed E-state index contributed by atoms with van der Waals surface area (Å²) in [5.41, 5.74) is 0.268. The molecule has 0 aliphatic carbocycles. The highest BCUT2D eigenvalue weighted by Gasteiger charge is 2.33. The van der Waals surface area contributed by atoms with Gasteiger partial charge in [-0.3, -0.25) is 0 Å². The van der Waals surface area contributed by atoms with Crippen molar-refractivity contribution in [3.05, 3.63) is 40.6 Å². The van der Waals surface area contributed by atoms with E-state index < -0.39 is 17.7 Å². The molecule has 1 heterocycles. The first kappa shape index (κ1) is 9.73. The van der Waals surface area contributed by atoms with Gasteiger partial charge < -0.3 is 9.84 Å². The van der Waals surface area contributed by atoms with E-state index in [0.29, 0.717) is 10.6 Å². The van der Waals surface area contributed by atoms with Crippen LogP contribution in [0.1, 0.15) is 5.56 Å². The Hall–Kier alpha value is -1.81. The SMILES string of the molecule is O=C1OC(=O)C(c2ccc(Cl)cc2)=C1O. The molecule has 4 nitrogen and oxygen atoms in total. The van der Waals surface area contributed by atoms with Crippen molar-refractivity contribution in [2.75, 3.05) is 0 Å². The molecule has 1 N–H and O–H groups in total. The molecule has 15 heavy (non-hydrogen) atoms. The van der Waals surface area contributed by atoms with E-state index in [2.05, 4.69) is 4.74 Å². The number of carbonyl (C=O) groups excluding carboxylic acids is 2. The van der Waals surface area contributed by atoms with Gasteiger partial charge in [0.2, 0.25) is 5.76 Å².